The molecule has 0 aliphatic heterocycles. The number of anilines is 2. The topological polar surface area (TPSA) is 172 Å². The Morgan fingerprint density at radius 1 is 0.508 bits per heavy atom. The van der Waals surface area contributed by atoms with E-state index in [1.54, 1.807) is 72.8 Å². The van der Waals surface area contributed by atoms with Crippen LogP contribution in [0.4, 0.5) is 21.0 Å². The monoisotopic (exact) mass is 834 g/mol. The summed E-state index contributed by atoms with van der Waals surface area (Å²) in [4.78, 5) is 64.2. The van der Waals surface area contributed by atoms with Gasteiger partial charge in [0, 0.05) is 80.4 Å². The molecule has 5 rings (SSSR count). The van der Waals surface area contributed by atoms with Crippen LogP contribution >= 0.6 is 0 Å². The van der Waals surface area contributed by atoms with Crippen molar-refractivity contribution < 1.29 is 47.8 Å². The number of amides is 2. The van der Waals surface area contributed by atoms with E-state index in [9.17, 15) is 19.2 Å². The highest BCUT2D eigenvalue weighted by atomic mass is 16.7. The molecule has 0 heterocycles. The molecule has 1 aliphatic carbocycles. The third-order valence-electron chi connectivity index (χ3n) is 10.1. The fourth-order valence-electron chi connectivity index (χ4n) is 7.12. The minimum atomic E-state index is -0.854. The fourth-order valence-corrected chi connectivity index (χ4v) is 7.12. The molecule has 2 N–H and O–H groups in total. The Hall–Kier alpha value is -6.06. The van der Waals surface area contributed by atoms with Gasteiger partial charge >= 0.3 is 12.2 Å². The maximum Gasteiger partial charge on any atom is 0.437 e. The highest BCUT2D eigenvalue weighted by molar-refractivity contribution is 6.46. The number of rotatable bonds is 24. The molecule has 0 spiro atoms. The molecule has 61 heavy (non-hydrogen) atoms. The number of ether oxygens (including phenoxy) is 4. The molecule has 1 aliphatic rings. The number of ketones is 2. The number of fused-ring (bicyclic) bond motifs is 3. The lowest BCUT2D eigenvalue weighted by Crippen LogP contribution is -2.29. The molecule has 14 nitrogen and oxygen atoms in total. The summed E-state index contributed by atoms with van der Waals surface area (Å²) in [6.07, 6.45) is -0.337. The van der Waals surface area contributed by atoms with Crippen molar-refractivity contribution >= 4 is 46.6 Å². The van der Waals surface area contributed by atoms with Crippen LogP contribution in [0.2, 0.25) is 0 Å². The minimum Gasteiger partial charge on any atom is -0.382 e. The number of oxime groups is 2. The van der Waals surface area contributed by atoms with Gasteiger partial charge in [-0.1, -0.05) is 71.0 Å². The van der Waals surface area contributed by atoms with Crippen LogP contribution in [0, 0.1) is 0 Å². The summed E-state index contributed by atoms with van der Waals surface area (Å²) in [7, 11) is 0. The lowest BCUT2D eigenvalue weighted by atomic mass is 9.73. The smallest absolute Gasteiger partial charge is 0.382 e. The highest BCUT2D eigenvalue weighted by Crippen LogP contribution is 2.53. The molecular weight excluding hydrogens is 781 g/mol. The van der Waals surface area contributed by atoms with E-state index in [0.717, 1.165) is 22.3 Å². The van der Waals surface area contributed by atoms with Gasteiger partial charge in [-0.05, 0) is 99.2 Å². The molecular formula is C47H54N4O10. The number of nitrogens with zero attached hydrogens (tertiary/aromatic N) is 2. The molecule has 322 valence electrons. The van der Waals surface area contributed by atoms with Gasteiger partial charge in [-0.25, -0.2) is 9.59 Å². The lowest BCUT2D eigenvalue weighted by molar-refractivity contribution is 0.104. The minimum absolute atomic E-state index is 0.0100. The van der Waals surface area contributed by atoms with Gasteiger partial charge in [-0.15, -0.1) is 0 Å². The van der Waals surface area contributed by atoms with Crippen molar-refractivity contribution in [3.05, 3.63) is 119 Å². The molecule has 0 saturated heterocycles. The van der Waals surface area contributed by atoms with E-state index < -0.39 is 29.2 Å². The van der Waals surface area contributed by atoms with Gasteiger partial charge < -0.3 is 18.9 Å². The van der Waals surface area contributed by atoms with Crippen molar-refractivity contribution in [3.8, 4) is 11.1 Å². The molecule has 0 radical (unpaired) electrons. The van der Waals surface area contributed by atoms with Crippen LogP contribution in [-0.4, -0.2) is 88.0 Å². The standard InChI is InChI=1S/C47H54N4O10/c1-5-56-27-23-41(50-60-45(54)48-35-15-11-9-12-16-35)43(52)33-19-21-39-37(31-33)38-32-34(20-22-40(38)47(39,25-29-58-7-3)26-30-59-8-4)44(53)42(24-28-57-6-2)51-61-46(55)49-36-17-13-10-14-18-36/h9-22,31-32H,5-8,23-30H2,1-4H3,(H,48,54)(H,49,55)/b50-41+,51-42+. The zero-order valence-electron chi connectivity index (χ0n) is 35.2. The van der Waals surface area contributed by atoms with Gasteiger partial charge in [0.25, 0.3) is 0 Å². The lowest BCUT2D eigenvalue weighted by Gasteiger charge is -2.32. The third-order valence-corrected chi connectivity index (χ3v) is 10.1. The zero-order chi connectivity index (χ0) is 43.5. The summed E-state index contributed by atoms with van der Waals surface area (Å²) >= 11 is 0. The molecule has 0 atom stereocenters. The van der Waals surface area contributed by atoms with Crippen LogP contribution in [-0.2, 0) is 34.0 Å². The zero-order valence-corrected chi connectivity index (χ0v) is 35.2. The predicted octanol–water partition coefficient (Wildman–Crippen LogP) is 9.23. The Balaban J connectivity index is 1.54. The Bertz CT molecular complexity index is 2000. The Morgan fingerprint density at radius 3 is 1.26 bits per heavy atom. The molecule has 0 aromatic heterocycles. The van der Waals surface area contributed by atoms with Crippen LogP contribution in [0.15, 0.2) is 107 Å². The van der Waals surface area contributed by atoms with Crippen molar-refractivity contribution in [1.29, 1.82) is 0 Å². The second-order valence-electron chi connectivity index (χ2n) is 13.9. The van der Waals surface area contributed by atoms with Crippen molar-refractivity contribution in [1.82, 2.24) is 0 Å². The SMILES string of the molecule is CCOCC/C(=N\OC(=O)Nc1ccccc1)C(=O)c1ccc2c(c1)-c1cc(C(=O)/C(CCOCC)=N/OC(=O)Nc3ccccc3)ccc1C2(CCOCC)CCOCC. The quantitative estimate of drug-likeness (QED) is 0.0228. The largest absolute Gasteiger partial charge is 0.437 e. The van der Waals surface area contributed by atoms with E-state index >= 15 is 0 Å². The van der Waals surface area contributed by atoms with E-state index in [4.69, 9.17) is 28.6 Å². The number of carbonyl (C=O) groups is 4. The van der Waals surface area contributed by atoms with E-state index in [1.807, 2.05) is 52.0 Å². The maximum atomic E-state index is 14.3. The summed E-state index contributed by atoms with van der Waals surface area (Å²) in [5.74, 6) is -0.914. The first-order valence-corrected chi connectivity index (χ1v) is 20.6. The average Bonchev–Trinajstić information content (AvgIpc) is 3.54. The number of hydrogen-bond acceptors (Lipinski definition) is 12. The number of carbonyl (C=O) groups excluding carboxylic acids is 4. The molecule has 4 aromatic rings. The number of para-hydroxylation sites is 2. The van der Waals surface area contributed by atoms with Crippen molar-refractivity contribution in [2.45, 2.75) is 58.8 Å². The Morgan fingerprint density at radius 2 is 0.885 bits per heavy atom. The van der Waals surface area contributed by atoms with Crippen molar-refractivity contribution in [2.24, 2.45) is 10.3 Å². The molecule has 0 unspecified atom stereocenters. The van der Waals surface area contributed by atoms with Crippen LogP contribution in [0.3, 0.4) is 0 Å². The number of Topliss-reactive ketones (excluding diaryl/α,β-unsaturated/α-hetero) is 2. The van der Waals surface area contributed by atoms with E-state index in [-0.39, 0.29) is 37.5 Å². The van der Waals surface area contributed by atoms with Crippen molar-refractivity contribution in [3.63, 3.8) is 0 Å². The first-order valence-electron chi connectivity index (χ1n) is 20.6. The summed E-state index contributed by atoms with van der Waals surface area (Å²) in [5, 5.41) is 13.2. The van der Waals surface area contributed by atoms with Crippen LogP contribution in [0.5, 0.6) is 0 Å². The fraction of sp³-hybridized carbons (Fsp3) is 0.362. The van der Waals surface area contributed by atoms with Gasteiger partial charge in [-0.2, -0.15) is 0 Å². The summed E-state index contributed by atoms with van der Waals surface area (Å²) in [6.45, 7) is 10.7. The van der Waals surface area contributed by atoms with Crippen LogP contribution < -0.4 is 10.6 Å². The molecule has 0 saturated carbocycles. The maximum absolute atomic E-state index is 14.3. The first-order chi connectivity index (χ1) is 29.7. The molecule has 0 fully saturated rings. The number of nitrogens with one attached hydrogen (secondary N) is 2. The van der Waals surface area contributed by atoms with E-state index in [2.05, 4.69) is 20.9 Å². The van der Waals surface area contributed by atoms with Gasteiger partial charge in [0.05, 0.1) is 13.2 Å². The van der Waals surface area contributed by atoms with Gasteiger partial charge in [0.15, 0.2) is 0 Å². The van der Waals surface area contributed by atoms with Crippen LogP contribution in [0.1, 0.15) is 85.2 Å². The van der Waals surface area contributed by atoms with Gasteiger partial charge in [-0.3, -0.25) is 29.9 Å². The first kappa shape index (κ1) is 46.0. The predicted molar refractivity (Wildman–Crippen MR) is 234 cm³/mol. The molecule has 0 bridgehead atoms. The number of benzene rings is 4. The highest BCUT2D eigenvalue weighted by Gasteiger charge is 2.43. The second-order valence-corrected chi connectivity index (χ2v) is 13.9. The second kappa shape index (κ2) is 23.7. The van der Waals surface area contributed by atoms with Gasteiger partial charge in [0.2, 0.25) is 11.6 Å². The normalized spacial score (nSPS) is 12.9. The summed E-state index contributed by atoms with van der Waals surface area (Å²) in [6, 6.07) is 28.4. The average molecular weight is 835 g/mol. The summed E-state index contributed by atoms with van der Waals surface area (Å²) in [5.41, 5.74) is 4.36. The summed E-state index contributed by atoms with van der Waals surface area (Å²) < 4.78 is 22.9. The van der Waals surface area contributed by atoms with Crippen molar-refractivity contribution in [2.75, 3.05) is 63.5 Å². The van der Waals surface area contributed by atoms with Gasteiger partial charge in [0.1, 0.15) is 11.4 Å². The van der Waals surface area contributed by atoms with E-state index in [1.165, 1.54) is 0 Å². The van der Waals surface area contributed by atoms with Crippen LogP contribution in [0.25, 0.3) is 11.1 Å². The molecule has 14 heteroatoms. The Labute approximate surface area is 356 Å². The number of hydrogen-bond donors (Lipinski definition) is 2. The van der Waals surface area contributed by atoms with E-state index in [0.29, 0.717) is 75.0 Å². The molecule has 4 aromatic carbocycles. The molecule has 2 amide bonds. The Kier molecular flexibility index (Phi) is 17.8. The third kappa shape index (κ3) is 12.5.